The third-order valence-electron chi connectivity index (χ3n) is 4.36. The quantitative estimate of drug-likeness (QED) is 0.720. The molecule has 0 aliphatic carbocycles. The number of piperidine rings is 1. The maximum Gasteiger partial charge on any atom is 0.244 e. The molecule has 1 aromatic rings. The predicted molar refractivity (Wildman–Crippen MR) is 99.6 cm³/mol. The molecule has 1 fully saturated rings. The molecule has 0 spiro atoms. The van der Waals surface area contributed by atoms with Crippen molar-refractivity contribution in [2.24, 2.45) is 0 Å². The van der Waals surface area contributed by atoms with Gasteiger partial charge in [0.2, 0.25) is 15.9 Å². The van der Waals surface area contributed by atoms with E-state index in [1.807, 2.05) is 0 Å². The summed E-state index contributed by atoms with van der Waals surface area (Å²) in [6.45, 7) is 5.37. The highest BCUT2D eigenvalue weighted by atomic mass is 32.2. The third kappa shape index (κ3) is 5.95. The zero-order valence-electron chi connectivity index (χ0n) is 14.9. The molecule has 25 heavy (non-hydrogen) atoms. The smallest absolute Gasteiger partial charge is 0.244 e. The molecule has 7 heteroatoms. The first-order valence-corrected chi connectivity index (χ1v) is 10.2. The Kier molecular flexibility index (Phi) is 7.16. The molecule has 1 aliphatic heterocycles. The van der Waals surface area contributed by atoms with Crippen LogP contribution in [0.3, 0.4) is 0 Å². The second-order valence-electron chi connectivity index (χ2n) is 6.23. The van der Waals surface area contributed by atoms with Gasteiger partial charge in [-0.25, -0.2) is 13.1 Å². The van der Waals surface area contributed by atoms with Crippen LogP contribution in [0.15, 0.2) is 35.2 Å². The standard InChI is InChI=1S/C18H27N3O3S/c1-3-12-21-13-10-16(11-14-21)20-18(22)9-6-15-4-7-17(8-5-15)25(23,24)19-2/h4-9,16,19H,3,10-14H2,1-2H3,(H,20,22)/b9-6+. The van der Waals surface area contributed by atoms with Crippen molar-refractivity contribution in [2.45, 2.75) is 37.1 Å². The number of carbonyl (C=O) groups excluding carboxylic acids is 1. The number of benzene rings is 1. The lowest BCUT2D eigenvalue weighted by Gasteiger charge is -2.31. The van der Waals surface area contributed by atoms with Gasteiger partial charge in [0, 0.05) is 25.2 Å². The maximum absolute atomic E-state index is 12.0. The van der Waals surface area contributed by atoms with Gasteiger partial charge in [-0.15, -0.1) is 0 Å². The molecule has 0 radical (unpaired) electrons. The van der Waals surface area contributed by atoms with Crippen LogP contribution in [-0.2, 0) is 14.8 Å². The van der Waals surface area contributed by atoms with Crippen molar-refractivity contribution in [3.63, 3.8) is 0 Å². The Hall–Kier alpha value is -1.70. The average molecular weight is 365 g/mol. The molecule has 0 saturated carbocycles. The van der Waals surface area contributed by atoms with Gasteiger partial charge in [-0.2, -0.15) is 0 Å². The second-order valence-corrected chi connectivity index (χ2v) is 8.12. The van der Waals surface area contributed by atoms with Crippen molar-refractivity contribution in [3.8, 4) is 0 Å². The molecule has 1 aromatic carbocycles. The van der Waals surface area contributed by atoms with Crippen LogP contribution in [-0.4, -0.2) is 51.9 Å². The van der Waals surface area contributed by atoms with E-state index in [9.17, 15) is 13.2 Å². The fraction of sp³-hybridized carbons (Fsp3) is 0.500. The Balaban J connectivity index is 1.84. The van der Waals surface area contributed by atoms with Crippen LogP contribution in [0.25, 0.3) is 6.08 Å². The monoisotopic (exact) mass is 365 g/mol. The fourth-order valence-corrected chi connectivity index (χ4v) is 3.64. The van der Waals surface area contributed by atoms with E-state index in [0.29, 0.717) is 0 Å². The van der Waals surface area contributed by atoms with E-state index in [2.05, 4.69) is 21.9 Å². The van der Waals surface area contributed by atoms with Crippen molar-refractivity contribution in [1.82, 2.24) is 14.9 Å². The van der Waals surface area contributed by atoms with Crippen molar-refractivity contribution in [2.75, 3.05) is 26.7 Å². The number of sulfonamides is 1. The van der Waals surface area contributed by atoms with Crippen molar-refractivity contribution < 1.29 is 13.2 Å². The first-order chi connectivity index (χ1) is 11.9. The summed E-state index contributed by atoms with van der Waals surface area (Å²) < 4.78 is 25.6. The normalized spacial score (nSPS) is 17.0. The zero-order valence-corrected chi connectivity index (χ0v) is 15.7. The molecule has 138 valence electrons. The molecular formula is C18H27N3O3S. The Morgan fingerprint density at radius 2 is 1.88 bits per heavy atom. The molecule has 0 aromatic heterocycles. The van der Waals surface area contributed by atoms with Crippen molar-refractivity contribution >= 4 is 22.0 Å². The van der Waals surface area contributed by atoms with Gasteiger partial charge < -0.3 is 10.2 Å². The Labute approximate surface area is 150 Å². The van der Waals surface area contributed by atoms with Gasteiger partial charge in [0.15, 0.2) is 0 Å². The molecule has 1 aliphatic rings. The molecular weight excluding hydrogens is 338 g/mol. The van der Waals surface area contributed by atoms with Crippen molar-refractivity contribution in [1.29, 1.82) is 0 Å². The molecule has 1 heterocycles. The van der Waals surface area contributed by atoms with E-state index in [1.54, 1.807) is 18.2 Å². The number of likely N-dealkylation sites (tertiary alicyclic amines) is 1. The molecule has 1 amide bonds. The molecule has 0 unspecified atom stereocenters. The van der Waals surface area contributed by atoms with Gasteiger partial charge in [0.25, 0.3) is 0 Å². The number of rotatable bonds is 7. The summed E-state index contributed by atoms with van der Waals surface area (Å²) >= 11 is 0. The summed E-state index contributed by atoms with van der Waals surface area (Å²) in [6.07, 6.45) is 6.32. The molecule has 2 rings (SSSR count). The lowest BCUT2D eigenvalue weighted by atomic mass is 10.0. The number of carbonyl (C=O) groups is 1. The minimum absolute atomic E-state index is 0.110. The van der Waals surface area contributed by atoms with Gasteiger partial charge in [0.05, 0.1) is 4.90 Å². The molecule has 2 N–H and O–H groups in total. The summed E-state index contributed by atoms with van der Waals surface area (Å²) in [6, 6.07) is 6.63. The van der Waals surface area contributed by atoms with Crippen molar-refractivity contribution in [3.05, 3.63) is 35.9 Å². The van der Waals surface area contributed by atoms with Crippen LogP contribution >= 0.6 is 0 Å². The highest BCUT2D eigenvalue weighted by Gasteiger charge is 2.19. The van der Waals surface area contributed by atoms with E-state index in [-0.39, 0.29) is 16.8 Å². The summed E-state index contributed by atoms with van der Waals surface area (Å²) in [5, 5.41) is 3.04. The Morgan fingerprint density at radius 3 is 2.44 bits per heavy atom. The number of hydrogen-bond acceptors (Lipinski definition) is 4. The number of amides is 1. The van der Waals surface area contributed by atoms with Crippen LogP contribution in [0.2, 0.25) is 0 Å². The van der Waals surface area contributed by atoms with Gasteiger partial charge in [-0.05, 0) is 56.6 Å². The first-order valence-electron chi connectivity index (χ1n) is 8.69. The minimum Gasteiger partial charge on any atom is -0.350 e. The lowest BCUT2D eigenvalue weighted by Crippen LogP contribution is -2.44. The summed E-state index contributed by atoms with van der Waals surface area (Å²) in [7, 11) is -2.06. The van der Waals surface area contributed by atoms with Crippen LogP contribution in [0.5, 0.6) is 0 Å². The molecule has 0 atom stereocenters. The SMILES string of the molecule is CCCN1CCC(NC(=O)/C=C/c2ccc(S(=O)(=O)NC)cc2)CC1. The van der Waals surface area contributed by atoms with Gasteiger partial charge in [0.1, 0.15) is 0 Å². The summed E-state index contributed by atoms with van der Waals surface area (Å²) in [5.41, 5.74) is 0.781. The van der Waals surface area contributed by atoms with Gasteiger partial charge >= 0.3 is 0 Å². The van der Waals surface area contributed by atoms with Crippen LogP contribution < -0.4 is 10.0 Å². The predicted octanol–water partition coefficient (Wildman–Crippen LogP) is 1.60. The topological polar surface area (TPSA) is 78.5 Å². The van der Waals surface area contributed by atoms with Crippen LogP contribution in [0.4, 0.5) is 0 Å². The largest absolute Gasteiger partial charge is 0.350 e. The number of nitrogens with one attached hydrogen (secondary N) is 2. The molecule has 6 nitrogen and oxygen atoms in total. The van der Waals surface area contributed by atoms with Crippen LogP contribution in [0, 0.1) is 0 Å². The first kappa shape index (κ1) is 19.6. The highest BCUT2D eigenvalue weighted by Crippen LogP contribution is 2.12. The van der Waals surface area contributed by atoms with E-state index in [4.69, 9.17) is 0 Å². The Bertz CT molecular complexity index is 691. The fourth-order valence-electron chi connectivity index (χ4n) is 2.91. The van der Waals surface area contributed by atoms with Gasteiger partial charge in [-0.1, -0.05) is 19.1 Å². The average Bonchev–Trinajstić information content (AvgIpc) is 2.62. The van der Waals surface area contributed by atoms with Crippen LogP contribution in [0.1, 0.15) is 31.7 Å². The Morgan fingerprint density at radius 1 is 1.24 bits per heavy atom. The van der Waals surface area contributed by atoms with E-state index < -0.39 is 10.0 Å². The van der Waals surface area contributed by atoms with E-state index in [0.717, 1.165) is 44.5 Å². The van der Waals surface area contributed by atoms with Gasteiger partial charge in [-0.3, -0.25) is 4.79 Å². The lowest BCUT2D eigenvalue weighted by molar-refractivity contribution is -0.117. The number of nitrogens with zero attached hydrogens (tertiary/aromatic N) is 1. The summed E-state index contributed by atoms with van der Waals surface area (Å²) in [5.74, 6) is -0.110. The molecule has 0 bridgehead atoms. The minimum atomic E-state index is -3.43. The third-order valence-corrected chi connectivity index (χ3v) is 5.79. The highest BCUT2D eigenvalue weighted by molar-refractivity contribution is 7.89. The zero-order chi connectivity index (χ0) is 18.3. The summed E-state index contributed by atoms with van der Waals surface area (Å²) in [4.78, 5) is 14.7. The van der Waals surface area contributed by atoms with E-state index >= 15 is 0 Å². The van der Waals surface area contributed by atoms with E-state index in [1.165, 1.54) is 25.3 Å². The molecule has 1 saturated heterocycles. The number of hydrogen-bond donors (Lipinski definition) is 2. The second kappa shape index (κ2) is 9.12. The maximum atomic E-state index is 12.0.